The molecule has 2 rings (SSSR count). The van der Waals surface area contributed by atoms with E-state index < -0.39 is 0 Å². The second-order valence-electron chi connectivity index (χ2n) is 4.78. The average Bonchev–Trinajstić information content (AvgIpc) is 2.52. The van der Waals surface area contributed by atoms with Gasteiger partial charge >= 0.3 is 0 Å². The van der Waals surface area contributed by atoms with Gasteiger partial charge in [-0.1, -0.05) is 17.7 Å². The summed E-state index contributed by atoms with van der Waals surface area (Å²) >= 11 is 0. The van der Waals surface area contributed by atoms with Crippen molar-refractivity contribution in [1.82, 2.24) is 0 Å². The smallest absolute Gasteiger partial charge is 0.127 e. The van der Waals surface area contributed by atoms with Crippen molar-refractivity contribution in [3.8, 4) is 17.2 Å². The molecule has 112 valence electrons. The molecule has 0 heterocycles. The van der Waals surface area contributed by atoms with Crippen LogP contribution in [0.1, 0.15) is 16.7 Å². The first-order valence-electron chi connectivity index (χ1n) is 6.81. The topological polar surface area (TPSA) is 53.7 Å². The van der Waals surface area contributed by atoms with Crippen LogP contribution in [-0.2, 0) is 13.2 Å². The van der Waals surface area contributed by atoms with Crippen LogP contribution in [0.25, 0.3) is 0 Å². The van der Waals surface area contributed by atoms with Gasteiger partial charge in [-0.15, -0.1) is 0 Å². The molecule has 0 radical (unpaired) electrons. The largest absolute Gasteiger partial charge is 0.497 e. The minimum Gasteiger partial charge on any atom is -0.497 e. The van der Waals surface area contributed by atoms with Crippen molar-refractivity contribution in [3.05, 3.63) is 53.1 Å². The molecular weight excluding hydrogens is 266 g/mol. The van der Waals surface area contributed by atoms with Gasteiger partial charge in [0.15, 0.2) is 0 Å². The summed E-state index contributed by atoms with van der Waals surface area (Å²) < 4.78 is 16.5. The third kappa shape index (κ3) is 3.67. The number of aryl methyl sites for hydroxylation is 1. The van der Waals surface area contributed by atoms with Crippen molar-refractivity contribution in [3.63, 3.8) is 0 Å². The molecule has 2 aromatic carbocycles. The molecule has 0 aliphatic carbocycles. The van der Waals surface area contributed by atoms with E-state index in [1.807, 2.05) is 37.3 Å². The fourth-order valence-corrected chi connectivity index (χ4v) is 2.14. The van der Waals surface area contributed by atoms with Gasteiger partial charge in [-0.3, -0.25) is 0 Å². The zero-order chi connectivity index (χ0) is 15.2. The van der Waals surface area contributed by atoms with E-state index in [1.54, 1.807) is 14.2 Å². The number of methoxy groups -OCH3 is 2. The highest BCUT2D eigenvalue weighted by Crippen LogP contribution is 2.27. The van der Waals surface area contributed by atoms with Gasteiger partial charge in [-0.05, 0) is 25.1 Å². The van der Waals surface area contributed by atoms with Gasteiger partial charge in [0, 0.05) is 23.7 Å². The Morgan fingerprint density at radius 3 is 2.38 bits per heavy atom. The standard InChI is InChI=1S/C17H21NO3/c1-12-4-7-16(20-3)14(8-12)11-21-17-9-15(19-2)6-5-13(17)10-18/h4-9H,10-11,18H2,1-3H3. The summed E-state index contributed by atoms with van der Waals surface area (Å²) in [5.41, 5.74) is 8.86. The zero-order valence-corrected chi connectivity index (χ0v) is 12.7. The first-order chi connectivity index (χ1) is 10.2. The summed E-state index contributed by atoms with van der Waals surface area (Å²) in [4.78, 5) is 0. The van der Waals surface area contributed by atoms with Gasteiger partial charge in [-0.25, -0.2) is 0 Å². The Morgan fingerprint density at radius 1 is 0.905 bits per heavy atom. The van der Waals surface area contributed by atoms with E-state index in [0.29, 0.717) is 13.2 Å². The van der Waals surface area contributed by atoms with Crippen LogP contribution in [0.3, 0.4) is 0 Å². The Hall–Kier alpha value is -2.20. The summed E-state index contributed by atoms with van der Waals surface area (Å²) in [5, 5.41) is 0. The van der Waals surface area contributed by atoms with Crippen molar-refractivity contribution < 1.29 is 14.2 Å². The monoisotopic (exact) mass is 287 g/mol. The van der Waals surface area contributed by atoms with Crippen LogP contribution in [0.4, 0.5) is 0 Å². The zero-order valence-electron chi connectivity index (χ0n) is 12.7. The fraction of sp³-hybridized carbons (Fsp3) is 0.294. The van der Waals surface area contributed by atoms with Crippen LogP contribution in [-0.4, -0.2) is 14.2 Å². The van der Waals surface area contributed by atoms with Gasteiger partial charge < -0.3 is 19.9 Å². The average molecular weight is 287 g/mol. The van der Waals surface area contributed by atoms with E-state index >= 15 is 0 Å². The lowest BCUT2D eigenvalue weighted by molar-refractivity contribution is 0.291. The molecule has 0 unspecified atom stereocenters. The van der Waals surface area contributed by atoms with Gasteiger partial charge in [0.05, 0.1) is 14.2 Å². The Balaban J connectivity index is 2.21. The number of benzene rings is 2. The molecule has 0 saturated carbocycles. The molecule has 21 heavy (non-hydrogen) atoms. The molecule has 2 N–H and O–H groups in total. The highest BCUT2D eigenvalue weighted by molar-refractivity contribution is 5.42. The van der Waals surface area contributed by atoms with E-state index in [4.69, 9.17) is 19.9 Å². The van der Waals surface area contributed by atoms with Crippen molar-refractivity contribution >= 4 is 0 Å². The molecule has 0 spiro atoms. The second-order valence-corrected chi connectivity index (χ2v) is 4.78. The van der Waals surface area contributed by atoms with Gasteiger partial charge in [0.25, 0.3) is 0 Å². The summed E-state index contributed by atoms with van der Waals surface area (Å²) in [6, 6.07) is 11.7. The van der Waals surface area contributed by atoms with Gasteiger partial charge in [0.2, 0.25) is 0 Å². The molecule has 0 aromatic heterocycles. The number of hydrogen-bond donors (Lipinski definition) is 1. The number of rotatable bonds is 6. The van der Waals surface area contributed by atoms with Crippen LogP contribution < -0.4 is 19.9 Å². The molecule has 0 atom stereocenters. The van der Waals surface area contributed by atoms with Crippen molar-refractivity contribution in [2.75, 3.05) is 14.2 Å². The number of hydrogen-bond acceptors (Lipinski definition) is 4. The van der Waals surface area contributed by atoms with Crippen molar-refractivity contribution in [2.45, 2.75) is 20.1 Å². The Bertz CT molecular complexity index is 611. The maximum Gasteiger partial charge on any atom is 0.127 e. The number of ether oxygens (including phenoxy) is 3. The Labute approximate surface area is 125 Å². The summed E-state index contributed by atoms with van der Waals surface area (Å²) in [6.07, 6.45) is 0. The Morgan fingerprint density at radius 2 is 1.71 bits per heavy atom. The van der Waals surface area contributed by atoms with E-state index in [-0.39, 0.29) is 0 Å². The first kappa shape index (κ1) is 15.2. The molecule has 0 aliphatic rings. The van der Waals surface area contributed by atoms with Gasteiger partial charge in [-0.2, -0.15) is 0 Å². The second kappa shape index (κ2) is 6.99. The van der Waals surface area contributed by atoms with Crippen LogP contribution in [0, 0.1) is 6.92 Å². The van der Waals surface area contributed by atoms with E-state index in [0.717, 1.165) is 28.4 Å². The molecular formula is C17H21NO3. The quantitative estimate of drug-likeness (QED) is 0.887. The minimum absolute atomic E-state index is 0.421. The maximum absolute atomic E-state index is 5.91. The van der Waals surface area contributed by atoms with Crippen LogP contribution in [0.5, 0.6) is 17.2 Å². The van der Waals surface area contributed by atoms with E-state index in [1.165, 1.54) is 5.56 Å². The number of nitrogens with two attached hydrogens (primary N) is 1. The molecule has 0 fully saturated rings. The minimum atomic E-state index is 0.421. The summed E-state index contributed by atoms with van der Waals surface area (Å²) in [5.74, 6) is 2.30. The molecule has 0 aliphatic heterocycles. The van der Waals surface area contributed by atoms with Gasteiger partial charge in [0.1, 0.15) is 23.9 Å². The SMILES string of the molecule is COc1ccc(CN)c(OCc2cc(C)ccc2OC)c1. The predicted octanol–water partition coefficient (Wildman–Crippen LogP) is 3.05. The molecule has 0 bridgehead atoms. The lowest BCUT2D eigenvalue weighted by Gasteiger charge is -2.14. The fourth-order valence-electron chi connectivity index (χ4n) is 2.14. The summed E-state index contributed by atoms with van der Waals surface area (Å²) in [7, 11) is 3.29. The first-order valence-corrected chi connectivity index (χ1v) is 6.81. The molecule has 0 amide bonds. The van der Waals surface area contributed by atoms with E-state index in [9.17, 15) is 0 Å². The lowest BCUT2D eigenvalue weighted by Crippen LogP contribution is -2.04. The molecule has 4 heteroatoms. The van der Waals surface area contributed by atoms with Crippen molar-refractivity contribution in [2.24, 2.45) is 5.73 Å². The van der Waals surface area contributed by atoms with Crippen LogP contribution >= 0.6 is 0 Å². The van der Waals surface area contributed by atoms with Crippen LogP contribution in [0.2, 0.25) is 0 Å². The lowest BCUT2D eigenvalue weighted by atomic mass is 10.1. The highest BCUT2D eigenvalue weighted by atomic mass is 16.5. The van der Waals surface area contributed by atoms with E-state index in [2.05, 4.69) is 6.07 Å². The normalized spacial score (nSPS) is 10.3. The molecule has 4 nitrogen and oxygen atoms in total. The van der Waals surface area contributed by atoms with Crippen molar-refractivity contribution in [1.29, 1.82) is 0 Å². The highest BCUT2D eigenvalue weighted by Gasteiger charge is 2.08. The third-order valence-corrected chi connectivity index (χ3v) is 3.31. The molecule has 0 saturated heterocycles. The third-order valence-electron chi connectivity index (χ3n) is 3.31. The maximum atomic E-state index is 5.91. The predicted molar refractivity (Wildman–Crippen MR) is 82.9 cm³/mol. The summed E-state index contributed by atoms with van der Waals surface area (Å²) in [6.45, 7) is 2.88. The van der Waals surface area contributed by atoms with Crippen LogP contribution in [0.15, 0.2) is 36.4 Å². The molecule has 2 aromatic rings. The Kier molecular flexibility index (Phi) is 5.06.